The standard InChI is InChI=1S/C13H17N3O/c1-9-7-15-16(8-9)11-5-4-6-12(17-3)13(11)10(2)14/h4-8,10H,14H2,1-3H3/t10-/m1/s1. The zero-order valence-corrected chi connectivity index (χ0v) is 10.3. The summed E-state index contributed by atoms with van der Waals surface area (Å²) in [4.78, 5) is 0. The van der Waals surface area contributed by atoms with E-state index in [1.807, 2.05) is 49.1 Å². The van der Waals surface area contributed by atoms with Crippen molar-refractivity contribution in [3.05, 3.63) is 41.7 Å². The van der Waals surface area contributed by atoms with Crippen molar-refractivity contribution in [2.75, 3.05) is 7.11 Å². The second kappa shape index (κ2) is 4.59. The van der Waals surface area contributed by atoms with E-state index in [1.54, 1.807) is 7.11 Å². The maximum atomic E-state index is 6.01. The van der Waals surface area contributed by atoms with Gasteiger partial charge < -0.3 is 10.5 Å². The zero-order valence-electron chi connectivity index (χ0n) is 10.3. The molecule has 0 amide bonds. The molecule has 1 aromatic heterocycles. The minimum absolute atomic E-state index is 0.106. The molecule has 0 aliphatic carbocycles. The van der Waals surface area contributed by atoms with Crippen LogP contribution in [-0.4, -0.2) is 16.9 Å². The summed E-state index contributed by atoms with van der Waals surface area (Å²) in [5, 5.41) is 4.31. The summed E-state index contributed by atoms with van der Waals surface area (Å²) in [6.45, 7) is 3.95. The molecule has 1 aromatic carbocycles. The second-order valence-corrected chi connectivity index (χ2v) is 4.14. The van der Waals surface area contributed by atoms with Crippen LogP contribution in [0.25, 0.3) is 5.69 Å². The Hall–Kier alpha value is -1.81. The molecule has 0 saturated heterocycles. The van der Waals surface area contributed by atoms with E-state index >= 15 is 0 Å². The summed E-state index contributed by atoms with van der Waals surface area (Å²) in [7, 11) is 1.65. The maximum Gasteiger partial charge on any atom is 0.125 e. The molecule has 0 aliphatic heterocycles. The quantitative estimate of drug-likeness (QED) is 0.881. The molecule has 0 bridgehead atoms. The minimum atomic E-state index is -0.106. The first kappa shape index (κ1) is 11.7. The largest absolute Gasteiger partial charge is 0.496 e. The van der Waals surface area contributed by atoms with Gasteiger partial charge in [-0.1, -0.05) is 6.07 Å². The number of methoxy groups -OCH3 is 1. The van der Waals surface area contributed by atoms with Crippen molar-refractivity contribution in [2.45, 2.75) is 19.9 Å². The Bertz CT molecular complexity index is 517. The predicted molar refractivity (Wildman–Crippen MR) is 67.5 cm³/mol. The number of rotatable bonds is 3. The highest BCUT2D eigenvalue weighted by Gasteiger charge is 2.14. The normalized spacial score (nSPS) is 12.5. The van der Waals surface area contributed by atoms with Crippen LogP contribution in [0.3, 0.4) is 0 Å². The van der Waals surface area contributed by atoms with Gasteiger partial charge >= 0.3 is 0 Å². The summed E-state index contributed by atoms with van der Waals surface area (Å²) < 4.78 is 7.18. The highest BCUT2D eigenvalue weighted by Crippen LogP contribution is 2.29. The summed E-state index contributed by atoms with van der Waals surface area (Å²) in [6.07, 6.45) is 3.80. The van der Waals surface area contributed by atoms with E-state index in [9.17, 15) is 0 Å². The molecule has 0 unspecified atom stereocenters. The van der Waals surface area contributed by atoms with Crippen molar-refractivity contribution in [2.24, 2.45) is 5.73 Å². The van der Waals surface area contributed by atoms with E-state index in [0.29, 0.717) is 0 Å². The van der Waals surface area contributed by atoms with E-state index in [1.165, 1.54) is 0 Å². The van der Waals surface area contributed by atoms with Crippen LogP contribution in [0.4, 0.5) is 0 Å². The average Bonchev–Trinajstić information content (AvgIpc) is 2.74. The smallest absolute Gasteiger partial charge is 0.125 e. The summed E-state index contributed by atoms with van der Waals surface area (Å²) in [6, 6.07) is 5.74. The fourth-order valence-corrected chi connectivity index (χ4v) is 1.91. The van der Waals surface area contributed by atoms with Crippen molar-refractivity contribution in [1.82, 2.24) is 9.78 Å². The molecular formula is C13H17N3O. The van der Waals surface area contributed by atoms with Crippen LogP contribution in [0, 0.1) is 6.92 Å². The first-order chi connectivity index (χ1) is 8.13. The molecule has 2 aromatic rings. The van der Waals surface area contributed by atoms with Crippen molar-refractivity contribution in [3.8, 4) is 11.4 Å². The zero-order chi connectivity index (χ0) is 12.4. The molecule has 0 radical (unpaired) electrons. The van der Waals surface area contributed by atoms with E-state index in [0.717, 1.165) is 22.6 Å². The summed E-state index contributed by atoms with van der Waals surface area (Å²) in [5.74, 6) is 0.797. The molecular weight excluding hydrogens is 214 g/mol. The number of hydrogen-bond donors (Lipinski definition) is 1. The van der Waals surface area contributed by atoms with Gasteiger partial charge in [-0.2, -0.15) is 5.10 Å². The van der Waals surface area contributed by atoms with Crippen LogP contribution in [-0.2, 0) is 0 Å². The van der Waals surface area contributed by atoms with Crippen LogP contribution in [0.1, 0.15) is 24.1 Å². The first-order valence-corrected chi connectivity index (χ1v) is 5.57. The van der Waals surface area contributed by atoms with Crippen molar-refractivity contribution < 1.29 is 4.74 Å². The lowest BCUT2D eigenvalue weighted by Gasteiger charge is -2.16. The third-order valence-electron chi connectivity index (χ3n) is 2.68. The number of hydrogen-bond acceptors (Lipinski definition) is 3. The van der Waals surface area contributed by atoms with Gasteiger partial charge in [0.25, 0.3) is 0 Å². The highest BCUT2D eigenvalue weighted by atomic mass is 16.5. The van der Waals surface area contributed by atoms with Crippen LogP contribution < -0.4 is 10.5 Å². The molecule has 2 N–H and O–H groups in total. The second-order valence-electron chi connectivity index (χ2n) is 4.14. The average molecular weight is 231 g/mol. The van der Waals surface area contributed by atoms with Gasteiger partial charge in [-0.3, -0.25) is 0 Å². The Kier molecular flexibility index (Phi) is 3.15. The predicted octanol–water partition coefficient (Wildman–Crippen LogP) is 2.21. The Morgan fingerprint density at radius 3 is 2.71 bits per heavy atom. The lowest BCUT2D eigenvalue weighted by atomic mass is 10.1. The third kappa shape index (κ3) is 2.17. The molecule has 0 aliphatic rings. The van der Waals surface area contributed by atoms with Gasteiger partial charge in [0, 0.05) is 17.8 Å². The Balaban J connectivity index is 2.60. The lowest BCUT2D eigenvalue weighted by Crippen LogP contribution is -2.11. The van der Waals surface area contributed by atoms with Gasteiger partial charge in [0.05, 0.1) is 19.0 Å². The lowest BCUT2D eigenvalue weighted by molar-refractivity contribution is 0.406. The van der Waals surface area contributed by atoms with Crippen molar-refractivity contribution in [3.63, 3.8) is 0 Å². The number of benzene rings is 1. The molecule has 17 heavy (non-hydrogen) atoms. The molecule has 90 valence electrons. The van der Waals surface area contributed by atoms with Gasteiger partial charge in [0.1, 0.15) is 5.75 Å². The molecule has 0 saturated carbocycles. The number of nitrogens with zero attached hydrogens (tertiary/aromatic N) is 2. The van der Waals surface area contributed by atoms with Gasteiger partial charge in [0.2, 0.25) is 0 Å². The number of nitrogens with two attached hydrogens (primary N) is 1. The molecule has 1 atom stereocenters. The van der Waals surface area contributed by atoms with Gasteiger partial charge in [-0.05, 0) is 31.5 Å². The van der Waals surface area contributed by atoms with E-state index in [-0.39, 0.29) is 6.04 Å². The number of ether oxygens (including phenoxy) is 1. The van der Waals surface area contributed by atoms with E-state index in [4.69, 9.17) is 10.5 Å². The molecule has 1 heterocycles. The van der Waals surface area contributed by atoms with Gasteiger partial charge in [-0.15, -0.1) is 0 Å². The molecule has 0 spiro atoms. The van der Waals surface area contributed by atoms with Gasteiger partial charge in [-0.25, -0.2) is 4.68 Å². The summed E-state index contributed by atoms with van der Waals surface area (Å²) in [5.41, 5.74) is 9.06. The summed E-state index contributed by atoms with van der Waals surface area (Å²) >= 11 is 0. The molecule has 0 fully saturated rings. The van der Waals surface area contributed by atoms with E-state index in [2.05, 4.69) is 5.10 Å². The monoisotopic (exact) mass is 231 g/mol. The Morgan fingerprint density at radius 1 is 1.41 bits per heavy atom. The maximum absolute atomic E-state index is 6.01. The fraction of sp³-hybridized carbons (Fsp3) is 0.308. The van der Waals surface area contributed by atoms with Crippen LogP contribution in [0.5, 0.6) is 5.75 Å². The van der Waals surface area contributed by atoms with Crippen LogP contribution in [0.15, 0.2) is 30.6 Å². The molecule has 4 nitrogen and oxygen atoms in total. The van der Waals surface area contributed by atoms with Gasteiger partial charge in [0.15, 0.2) is 0 Å². The fourth-order valence-electron chi connectivity index (χ4n) is 1.91. The minimum Gasteiger partial charge on any atom is -0.496 e. The first-order valence-electron chi connectivity index (χ1n) is 5.57. The van der Waals surface area contributed by atoms with Crippen LogP contribution >= 0.6 is 0 Å². The third-order valence-corrected chi connectivity index (χ3v) is 2.68. The molecule has 2 rings (SSSR count). The van der Waals surface area contributed by atoms with Crippen molar-refractivity contribution >= 4 is 0 Å². The highest BCUT2D eigenvalue weighted by molar-refractivity contribution is 5.51. The van der Waals surface area contributed by atoms with Crippen LogP contribution in [0.2, 0.25) is 0 Å². The number of aryl methyl sites for hydroxylation is 1. The Labute approximate surface area is 101 Å². The topological polar surface area (TPSA) is 53.1 Å². The number of aromatic nitrogens is 2. The SMILES string of the molecule is COc1cccc(-n2cc(C)cn2)c1[C@@H](C)N. The van der Waals surface area contributed by atoms with Crippen molar-refractivity contribution in [1.29, 1.82) is 0 Å². The molecule has 4 heteroatoms. The van der Waals surface area contributed by atoms with E-state index < -0.39 is 0 Å². The Morgan fingerprint density at radius 2 is 2.18 bits per heavy atom.